The molecule has 2 aromatic heterocycles. The van der Waals surface area contributed by atoms with Gasteiger partial charge in [-0.3, -0.25) is 4.98 Å². The molecule has 6 rings (SSSR count). The molecule has 6 nitrogen and oxygen atoms in total. The van der Waals surface area contributed by atoms with Crippen LogP contribution in [-0.4, -0.2) is 71.2 Å². The van der Waals surface area contributed by atoms with Crippen LogP contribution in [0, 0.1) is 11.3 Å². The van der Waals surface area contributed by atoms with Gasteiger partial charge in [-0.05, 0) is 42.0 Å². The molecular weight excluding hydrogens is 500 g/mol. The van der Waals surface area contributed by atoms with E-state index in [9.17, 15) is 31.1 Å². The van der Waals surface area contributed by atoms with Crippen LogP contribution in [0.15, 0.2) is 36.7 Å². The van der Waals surface area contributed by atoms with Gasteiger partial charge in [0.15, 0.2) is 0 Å². The van der Waals surface area contributed by atoms with E-state index in [4.69, 9.17) is 0 Å². The maximum atomic E-state index is 12.8. The Bertz CT molecular complexity index is 1160. The van der Waals surface area contributed by atoms with Crippen LogP contribution in [0.25, 0.3) is 0 Å². The Morgan fingerprint density at radius 1 is 0.811 bits per heavy atom. The van der Waals surface area contributed by atoms with Gasteiger partial charge in [-0.1, -0.05) is 12.1 Å². The van der Waals surface area contributed by atoms with Crippen molar-refractivity contribution in [2.45, 2.75) is 37.0 Å². The van der Waals surface area contributed by atoms with Crippen LogP contribution in [0.4, 0.5) is 37.0 Å². The van der Waals surface area contributed by atoms with E-state index in [-0.39, 0.29) is 36.4 Å². The molecule has 0 atom stereocenters. The molecular formula is C25H25F6N5O. The van der Waals surface area contributed by atoms with Gasteiger partial charge >= 0.3 is 18.4 Å². The van der Waals surface area contributed by atoms with Gasteiger partial charge < -0.3 is 14.7 Å². The highest BCUT2D eigenvalue weighted by Crippen LogP contribution is 2.56. The highest BCUT2D eigenvalue weighted by atomic mass is 19.4. The summed E-state index contributed by atoms with van der Waals surface area (Å²) in [6.45, 7) is 2.32. The summed E-state index contributed by atoms with van der Waals surface area (Å²) in [5, 5.41) is 0. The zero-order valence-corrected chi connectivity index (χ0v) is 19.8. The van der Waals surface area contributed by atoms with Crippen LogP contribution in [0.3, 0.4) is 0 Å². The van der Waals surface area contributed by atoms with Crippen LogP contribution in [0.2, 0.25) is 0 Å². The molecule has 2 aromatic rings. The summed E-state index contributed by atoms with van der Waals surface area (Å²) >= 11 is 0. The number of anilines is 1. The van der Waals surface area contributed by atoms with E-state index in [2.05, 4.69) is 9.97 Å². The average Bonchev–Trinajstić information content (AvgIpc) is 2.69. The minimum Gasteiger partial charge on any atom is -0.355 e. The highest BCUT2D eigenvalue weighted by molar-refractivity contribution is 5.77. The fourth-order valence-corrected chi connectivity index (χ4v) is 5.94. The van der Waals surface area contributed by atoms with Crippen molar-refractivity contribution in [1.29, 1.82) is 0 Å². The highest BCUT2D eigenvalue weighted by Gasteiger charge is 2.55. The molecule has 0 N–H and O–H groups in total. The molecule has 37 heavy (non-hydrogen) atoms. The summed E-state index contributed by atoms with van der Waals surface area (Å²) in [5.74, 6) is -0.437. The van der Waals surface area contributed by atoms with Crippen molar-refractivity contribution in [1.82, 2.24) is 19.8 Å². The number of amides is 2. The molecule has 198 valence electrons. The maximum absolute atomic E-state index is 12.8. The molecule has 1 saturated carbocycles. The Hall–Kier alpha value is -3.05. The number of likely N-dealkylation sites (tertiary alicyclic amines) is 2. The van der Waals surface area contributed by atoms with E-state index < -0.39 is 24.0 Å². The largest absolute Gasteiger partial charge is 0.433 e. The van der Waals surface area contributed by atoms with Gasteiger partial charge in [-0.2, -0.15) is 26.3 Å². The monoisotopic (exact) mass is 525 g/mol. The second-order valence-corrected chi connectivity index (χ2v) is 10.9. The van der Waals surface area contributed by atoms with Crippen molar-refractivity contribution in [3.8, 4) is 0 Å². The summed E-state index contributed by atoms with van der Waals surface area (Å²) in [7, 11) is 0. The number of rotatable bonds is 3. The Morgan fingerprint density at radius 2 is 1.43 bits per heavy atom. The molecule has 12 heteroatoms. The van der Waals surface area contributed by atoms with Crippen LogP contribution >= 0.6 is 0 Å². The van der Waals surface area contributed by atoms with Gasteiger partial charge in [0.25, 0.3) is 0 Å². The quantitative estimate of drug-likeness (QED) is 0.536. The number of pyridine rings is 2. The number of carbonyl (C=O) groups excluding carboxylic acids is 1. The van der Waals surface area contributed by atoms with E-state index >= 15 is 0 Å². The van der Waals surface area contributed by atoms with Gasteiger partial charge in [0.1, 0.15) is 11.5 Å². The van der Waals surface area contributed by atoms with Crippen molar-refractivity contribution in [2.24, 2.45) is 11.3 Å². The number of hydrogen-bond acceptors (Lipinski definition) is 4. The first-order valence-corrected chi connectivity index (χ1v) is 12.2. The molecule has 0 bridgehead atoms. The lowest BCUT2D eigenvalue weighted by atomic mass is 9.56. The molecule has 2 amide bonds. The molecule has 3 aliphatic heterocycles. The molecule has 3 saturated heterocycles. The number of urea groups is 1. The average molecular weight is 525 g/mol. The first kappa shape index (κ1) is 24.3. The van der Waals surface area contributed by atoms with Crippen molar-refractivity contribution < 1.29 is 31.1 Å². The third kappa shape index (κ3) is 4.37. The van der Waals surface area contributed by atoms with Crippen LogP contribution in [0.1, 0.15) is 41.5 Å². The molecule has 4 aliphatic rings. The topological polar surface area (TPSA) is 52.6 Å². The summed E-state index contributed by atoms with van der Waals surface area (Å²) in [4.78, 5) is 25.9. The molecule has 0 unspecified atom stereocenters. The lowest BCUT2D eigenvalue weighted by Gasteiger charge is -2.60. The predicted molar refractivity (Wildman–Crippen MR) is 121 cm³/mol. The first-order valence-electron chi connectivity index (χ1n) is 12.2. The van der Waals surface area contributed by atoms with E-state index in [0.29, 0.717) is 32.0 Å². The first-order chi connectivity index (χ1) is 17.4. The Kier molecular flexibility index (Phi) is 5.40. The third-order valence-electron chi connectivity index (χ3n) is 8.29. The normalized spacial score (nSPS) is 22.4. The van der Waals surface area contributed by atoms with Crippen LogP contribution < -0.4 is 4.90 Å². The van der Waals surface area contributed by atoms with Crippen molar-refractivity contribution >= 4 is 11.8 Å². The number of alkyl halides is 6. The standard InChI is InChI=1S/C25H25F6N5O/c26-24(27,28)19-11-34(12-19)21-4-2-16(8-33-21)18-9-35(10-18)22(37)36-13-23(14-36)5-17(6-23)15-1-3-20(32-7-15)25(29,30)31/h1-4,7-8,17-19H,5-6,9-14H2. The number of aromatic nitrogens is 2. The van der Waals surface area contributed by atoms with Gasteiger partial charge in [0.2, 0.25) is 0 Å². The molecule has 1 aliphatic carbocycles. The minimum atomic E-state index is -4.44. The van der Waals surface area contributed by atoms with E-state index in [0.717, 1.165) is 30.0 Å². The second-order valence-electron chi connectivity index (χ2n) is 10.9. The second kappa shape index (κ2) is 8.22. The summed E-state index contributed by atoms with van der Waals surface area (Å²) in [6.07, 6.45) is -3.94. The lowest BCUT2D eigenvalue weighted by molar-refractivity contribution is -0.180. The Balaban J connectivity index is 0.938. The van der Waals surface area contributed by atoms with Crippen molar-refractivity contribution in [2.75, 3.05) is 44.2 Å². The maximum Gasteiger partial charge on any atom is 0.433 e. The van der Waals surface area contributed by atoms with Crippen molar-refractivity contribution in [3.05, 3.63) is 53.5 Å². The van der Waals surface area contributed by atoms with Gasteiger partial charge in [0, 0.05) is 63.0 Å². The van der Waals surface area contributed by atoms with Crippen LogP contribution in [0.5, 0.6) is 0 Å². The molecule has 0 radical (unpaired) electrons. The Morgan fingerprint density at radius 3 is 1.97 bits per heavy atom. The number of hydrogen-bond donors (Lipinski definition) is 0. The number of carbonyl (C=O) groups is 1. The summed E-state index contributed by atoms with van der Waals surface area (Å²) in [6, 6.07) is 6.13. The predicted octanol–water partition coefficient (Wildman–Crippen LogP) is 4.89. The Labute approximate surface area is 209 Å². The van der Waals surface area contributed by atoms with Gasteiger partial charge in [-0.15, -0.1) is 0 Å². The van der Waals surface area contributed by atoms with E-state index in [1.165, 1.54) is 12.3 Å². The molecule has 0 aromatic carbocycles. The number of nitrogens with zero attached hydrogens (tertiary/aromatic N) is 5. The SMILES string of the molecule is O=C(N1CC(c2ccc(N3CC(C(F)(F)F)C3)nc2)C1)N1CC2(CC(c3ccc(C(F)(F)F)nc3)C2)C1. The zero-order valence-electron chi connectivity index (χ0n) is 19.8. The molecule has 4 fully saturated rings. The van der Waals surface area contributed by atoms with Crippen LogP contribution in [-0.2, 0) is 6.18 Å². The number of halogens is 6. The molecule has 5 heterocycles. The van der Waals surface area contributed by atoms with Crippen molar-refractivity contribution in [3.63, 3.8) is 0 Å². The van der Waals surface area contributed by atoms with E-state index in [1.807, 2.05) is 11.0 Å². The van der Waals surface area contributed by atoms with E-state index in [1.54, 1.807) is 22.1 Å². The summed E-state index contributed by atoms with van der Waals surface area (Å²) in [5.41, 5.74) is 0.936. The summed E-state index contributed by atoms with van der Waals surface area (Å²) < 4.78 is 76.2. The smallest absolute Gasteiger partial charge is 0.355 e. The fraction of sp³-hybridized carbons (Fsp3) is 0.560. The lowest BCUT2D eigenvalue weighted by Crippen LogP contribution is -2.67. The van der Waals surface area contributed by atoms with Gasteiger partial charge in [0.05, 0.1) is 5.92 Å². The molecule has 1 spiro atoms. The minimum absolute atomic E-state index is 0.00938. The van der Waals surface area contributed by atoms with Gasteiger partial charge in [-0.25, -0.2) is 9.78 Å². The fourth-order valence-electron chi connectivity index (χ4n) is 5.94. The zero-order chi connectivity index (χ0) is 26.2. The third-order valence-corrected chi connectivity index (χ3v) is 8.29.